The number of aryl methyl sites for hydroxylation is 1. The molecule has 1 saturated heterocycles. The zero-order valence-corrected chi connectivity index (χ0v) is 11.1. The van der Waals surface area contributed by atoms with Gasteiger partial charge in [0.25, 0.3) is 0 Å². The molecule has 17 heavy (non-hydrogen) atoms. The van der Waals surface area contributed by atoms with Crippen LogP contribution >= 0.6 is 0 Å². The van der Waals surface area contributed by atoms with Crippen LogP contribution in [0.3, 0.4) is 0 Å². The predicted octanol–water partition coefficient (Wildman–Crippen LogP) is 2.57. The molecule has 1 N–H and O–H groups in total. The standard InChI is InChI=1S/C12H17FN2.C2H6/c1-10-2-3-11(8-12(10)13)9-15-6-4-14-5-7-15;1-2/h2-3,8,14H,4-7,9H2,1H3;1-2H3. The zero-order valence-electron chi connectivity index (χ0n) is 11.1. The molecule has 1 fully saturated rings. The van der Waals surface area contributed by atoms with Gasteiger partial charge in [0.05, 0.1) is 0 Å². The molecule has 0 aliphatic carbocycles. The summed E-state index contributed by atoms with van der Waals surface area (Å²) in [5, 5.41) is 3.31. The Morgan fingerprint density at radius 3 is 2.47 bits per heavy atom. The Labute approximate surface area is 104 Å². The van der Waals surface area contributed by atoms with Gasteiger partial charge < -0.3 is 5.32 Å². The van der Waals surface area contributed by atoms with Crippen molar-refractivity contribution in [2.45, 2.75) is 27.3 Å². The van der Waals surface area contributed by atoms with Crippen molar-refractivity contribution < 1.29 is 4.39 Å². The molecule has 0 aromatic heterocycles. The van der Waals surface area contributed by atoms with Crippen LogP contribution in [0.15, 0.2) is 18.2 Å². The van der Waals surface area contributed by atoms with E-state index in [1.165, 1.54) is 0 Å². The quantitative estimate of drug-likeness (QED) is 0.852. The van der Waals surface area contributed by atoms with Gasteiger partial charge in [-0.15, -0.1) is 0 Å². The Kier molecular flexibility index (Phi) is 6.16. The van der Waals surface area contributed by atoms with Crippen LogP contribution in [0.4, 0.5) is 4.39 Å². The van der Waals surface area contributed by atoms with Crippen LogP contribution in [0.2, 0.25) is 0 Å². The van der Waals surface area contributed by atoms with E-state index in [0.29, 0.717) is 0 Å². The van der Waals surface area contributed by atoms with Gasteiger partial charge in [0, 0.05) is 32.7 Å². The molecule has 1 heterocycles. The van der Waals surface area contributed by atoms with E-state index in [-0.39, 0.29) is 5.82 Å². The van der Waals surface area contributed by atoms with Gasteiger partial charge in [-0.3, -0.25) is 4.90 Å². The van der Waals surface area contributed by atoms with E-state index in [0.717, 1.165) is 43.9 Å². The van der Waals surface area contributed by atoms with Crippen LogP contribution in [0.25, 0.3) is 0 Å². The monoisotopic (exact) mass is 238 g/mol. The number of benzene rings is 1. The fourth-order valence-electron chi connectivity index (χ4n) is 1.86. The smallest absolute Gasteiger partial charge is 0.126 e. The van der Waals surface area contributed by atoms with Gasteiger partial charge >= 0.3 is 0 Å². The summed E-state index contributed by atoms with van der Waals surface area (Å²) in [7, 11) is 0. The average molecular weight is 238 g/mol. The Hall–Kier alpha value is -0.930. The van der Waals surface area contributed by atoms with E-state index in [9.17, 15) is 4.39 Å². The van der Waals surface area contributed by atoms with E-state index in [2.05, 4.69) is 10.2 Å². The summed E-state index contributed by atoms with van der Waals surface area (Å²) in [5.74, 6) is -0.0948. The fourth-order valence-corrected chi connectivity index (χ4v) is 1.86. The van der Waals surface area contributed by atoms with Gasteiger partial charge in [0.2, 0.25) is 0 Å². The lowest BCUT2D eigenvalue weighted by atomic mass is 10.1. The third-order valence-corrected chi connectivity index (χ3v) is 2.85. The highest BCUT2D eigenvalue weighted by Crippen LogP contribution is 2.11. The molecular weight excluding hydrogens is 215 g/mol. The van der Waals surface area contributed by atoms with E-state index < -0.39 is 0 Å². The van der Waals surface area contributed by atoms with Crippen LogP contribution in [-0.4, -0.2) is 31.1 Å². The van der Waals surface area contributed by atoms with Crippen LogP contribution in [0.1, 0.15) is 25.0 Å². The third-order valence-electron chi connectivity index (χ3n) is 2.85. The summed E-state index contributed by atoms with van der Waals surface area (Å²) in [6, 6.07) is 5.52. The Morgan fingerprint density at radius 2 is 1.88 bits per heavy atom. The van der Waals surface area contributed by atoms with Gasteiger partial charge in [-0.2, -0.15) is 0 Å². The number of nitrogens with one attached hydrogen (secondary N) is 1. The van der Waals surface area contributed by atoms with Gasteiger partial charge in [0.1, 0.15) is 5.82 Å². The number of rotatable bonds is 2. The second-order valence-electron chi connectivity index (χ2n) is 4.11. The molecule has 0 atom stereocenters. The van der Waals surface area contributed by atoms with Crippen molar-refractivity contribution in [3.8, 4) is 0 Å². The van der Waals surface area contributed by atoms with Crippen LogP contribution in [0, 0.1) is 12.7 Å². The van der Waals surface area contributed by atoms with Crippen LogP contribution < -0.4 is 5.32 Å². The molecule has 0 bridgehead atoms. The number of hydrogen-bond donors (Lipinski definition) is 1. The number of nitrogens with zero attached hydrogens (tertiary/aromatic N) is 1. The maximum Gasteiger partial charge on any atom is 0.126 e. The first-order valence-electron chi connectivity index (χ1n) is 6.44. The molecule has 96 valence electrons. The van der Waals surface area contributed by atoms with Crippen molar-refractivity contribution in [3.63, 3.8) is 0 Å². The first-order valence-corrected chi connectivity index (χ1v) is 6.44. The van der Waals surface area contributed by atoms with E-state index in [1.54, 1.807) is 13.0 Å². The van der Waals surface area contributed by atoms with Crippen molar-refractivity contribution in [1.82, 2.24) is 10.2 Å². The largest absolute Gasteiger partial charge is 0.314 e. The minimum Gasteiger partial charge on any atom is -0.314 e. The highest BCUT2D eigenvalue weighted by Gasteiger charge is 2.10. The molecule has 1 aliphatic rings. The average Bonchev–Trinajstić information content (AvgIpc) is 2.38. The van der Waals surface area contributed by atoms with Crippen molar-refractivity contribution in [1.29, 1.82) is 0 Å². The summed E-state index contributed by atoms with van der Waals surface area (Å²) >= 11 is 0. The van der Waals surface area contributed by atoms with Crippen molar-refractivity contribution in [2.75, 3.05) is 26.2 Å². The lowest BCUT2D eigenvalue weighted by Crippen LogP contribution is -2.42. The SMILES string of the molecule is CC.Cc1ccc(CN2CCNCC2)cc1F. The fraction of sp³-hybridized carbons (Fsp3) is 0.571. The van der Waals surface area contributed by atoms with Gasteiger partial charge in [-0.25, -0.2) is 4.39 Å². The summed E-state index contributed by atoms with van der Waals surface area (Å²) in [6.45, 7) is 10.8. The maximum atomic E-state index is 13.3. The molecule has 0 unspecified atom stereocenters. The maximum absolute atomic E-state index is 13.3. The van der Waals surface area contributed by atoms with E-state index in [4.69, 9.17) is 0 Å². The summed E-state index contributed by atoms with van der Waals surface area (Å²) in [4.78, 5) is 2.35. The number of piperazine rings is 1. The highest BCUT2D eigenvalue weighted by atomic mass is 19.1. The first kappa shape index (κ1) is 14.1. The van der Waals surface area contributed by atoms with Crippen LogP contribution in [-0.2, 0) is 6.54 Å². The van der Waals surface area contributed by atoms with E-state index in [1.807, 2.05) is 26.0 Å². The Morgan fingerprint density at radius 1 is 1.24 bits per heavy atom. The van der Waals surface area contributed by atoms with Crippen molar-refractivity contribution >= 4 is 0 Å². The number of hydrogen-bond acceptors (Lipinski definition) is 2. The van der Waals surface area contributed by atoms with Crippen LogP contribution in [0.5, 0.6) is 0 Å². The van der Waals surface area contributed by atoms with Crippen molar-refractivity contribution in [3.05, 3.63) is 35.1 Å². The molecule has 1 aromatic rings. The molecular formula is C14H23FN2. The molecule has 1 aliphatic heterocycles. The molecule has 2 rings (SSSR count). The van der Waals surface area contributed by atoms with Gasteiger partial charge in [-0.1, -0.05) is 26.0 Å². The molecule has 0 spiro atoms. The normalized spacial score (nSPS) is 16.2. The zero-order chi connectivity index (χ0) is 12.7. The number of halogens is 1. The highest BCUT2D eigenvalue weighted by molar-refractivity contribution is 5.23. The lowest BCUT2D eigenvalue weighted by molar-refractivity contribution is 0.233. The second-order valence-corrected chi connectivity index (χ2v) is 4.11. The van der Waals surface area contributed by atoms with Gasteiger partial charge in [0.15, 0.2) is 0 Å². The summed E-state index contributed by atoms with van der Waals surface area (Å²) in [5.41, 5.74) is 1.79. The summed E-state index contributed by atoms with van der Waals surface area (Å²) < 4.78 is 13.3. The second kappa shape index (κ2) is 7.41. The van der Waals surface area contributed by atoms with E-state index >= 15 is 0 Å². The minimum absolute atomic E-state index is 0.0948. The third kappa shape index (κ3) is 4.44. The molecule has 1 aromatic carbocycles. The summed E-state index contributed by atoms with van der Waals surface area (Å²) in [6.07, 6.45) is 0. The first-order chi connectivity index (χ1) is 8.25. The molecule has 2 nitrogen and oxygen atoms in total. The molecule has 0 radical (unpaired) electrons. The minimum atomic E-state index is -0.0948. The molecule has 0 amide bonds. The molecule has 3 heteroatoms. The predicted molar refractivity (Wildman–Crippen MR) is 70.6 cm³/mol. The van der Waals surface area contributed by atoms with Gasteiger partial charge in [-0.05, 0) is 24.1 Å². The topological polar surface area (TPSA) is 15.3 Å². The Balaban J connectivity index is 0.000000686. The Bertz CT molecular complexity index is 333. The van der Waals surface area contributed by atoms with Crippen molar-refractivity contribution in [2.24, 2.45) is 0 Å². The molecule has 0 saturated carbocycles. The lowest BCUT2D eigenvalue weighted by Gasteiger charge is -2.27.